The van der Waals surface area contributed by atoms with Crippen molar-refractivity contribution in [2.24, 2.45) is 0 Å². The highest BCUT2D eigenvalue weighted by Crippen LogP contribution is 2.18. The first kappa shape index (κ1) is 17.9. The molecule has 0 saturated carbocycles. The van der Waals surface area contributed by atoms with Gasteiger partial charge in [0, 0.05) is 34.6 Å². The zero-order chi connectivity index (χ0) is 17.9. The van der Waals surface area contributed by atoms with Gasteiger partial charge in [0.1, 0.15) is 0 Å². The largest absolute Gasteiger partial charge is 0.479 e. The SMILES string of the molecule is CS(=O)Cc1cccc(C(=O)Nc2cnn(C(C)(C)C(=O)O)c2)c1. The quantitative estimate of drug-likeness (QED) is 0.828. The number of anilines is 1. The fourth-order valence-electron chi connectivity index (χ4n) is 2.03. The topological polar surface area (TPSA) is 101 Å². The summed E-state index contributed by atoms with van der Waals surface area (Å²) in [5.41, 5.74) is 0.432. The van der Waals surface area contributed by atoms with E-state index >= 15 is 0 Å². The van der Waals surface area contributed by atoms with Crippen LogP contribution in [-0.4, -0.2) is 37.2 Å². The molecular formula is C16H19N3O4S. The number of nitrogens with one attached hydrogen (secondary N) is 1. The Morgan fingerprint density at radius 2 is 2.08 bits per heavy atom. The molecule has 8 heteroatoms. The lowest BCUT2D eigenvalue weighted by molar-refractivity contribution is -0.146. The molecule has 2 aromatic rings. The van der Waals surface area contributed by atoms with Crippen LogP contribution in [0.4, 0.5) is 5.69 Å². The molecule has 0 aliphatic heterocycles. The molecule has 1 atom stereocenters. The Hall–Kier alpha value is -2.48. The molecule has 2 rings (SSSR count). The second-order valence-corrected chi connectivity index (χ2v) is 7.34. The predicted molar refractivity (Wildman–Crippen MR) is 91.4 cm³/mol. The number of hydrogen-bond donors (Lipinski definition) is 2. The number of hydrogen-bond acceptors (Lipinski definition) is 4. The molecule has 0 aliphatic carbocycles. The third-order valence-corrected chi connectivity index (χ3v) is 4.24. The Labute approximate surface area is 142 Å². The molecular weight excluding hydrogens is 330 g/mol. The van der Waals surface area contributed by atoms with E-state index < -0.39 is 22.3 Å². The summed E-state index contributed by atoms with van der Waals surface area (Å²) in [6.45, 7) is 3.03. The molecule has 2 N–H and O–H groups in total. The first-order chi connectivity index (χ1) is 11.2. The van der Waals surface area contributed by atoms with Gasteiger partial charge in [-0.2, -0.15) is 5.10 Å². The van der Waals surface area contributed by atoms with Crippen molar-refractivity contribution in [1.29, 1.82) is 0 Å². The Bertz CT molecular complexity index is 798. The van der Waals surface area contributed by atoms with Crippen LogP contribution < -0.4 is 5.32 Å². The highest BCUT2D eigenvalue weighted by atomic mass is 32.2. The summed E-state index contributed by atoms with van der Waals surface area (Å²) in [7, 11) is -0.988. The third kappa shape index (κ3) is 4.08. The second-order valence-electron chi connectivity index (χ2n) is 5.91. The third-order valence-electron chi connectivity index (χ3n) is 3.50. The highest BCUT2D eigenvalue weighted by Gasteiger charge is 2.30. The van der Waals surface area contributed by atoms with Gasteiger partial charge in [-0.3, -0.25) is 13.7 Å². The van der Waals surface area contributed by atoms with Crippen molar-refractivity contribution >= 4 is 28.4 Å². The minimum absolute atomic E-state index is 0.341. The fraction of sp³-hybridized carbons (Fsp3) is 0.312. The highest BCUT2D eigenvalue weighted by molar-refractivity contribution is 7.83. The zero-order valence-electron chi connectivity index (χ0n) is 13.6. The van der Waals surface area contributed by atoms with Gasteiger partial charge in [-0.1, -0.05) is 12.1 Å². The van der Waals surface area contributed by atoms with Gasteiger partial charge in [0.05, 0.1) is 11.9 Å². The van der Waals surface area contributed by atoms with Gasteiger partial charge in [-0.25, -0.2) is 4.79 Å². The molecule has 128 valence electrons. The van der Waals surface area contributed by atoms with E-state index in [9.17, 15) is 18.9 Å². The summed E-state index contributed by atoms with van der Waals surface area (Å²) >= 11 is 0. The Morgan fingerprint density at radius 1 is 1.38 bits per heavy atom. The molecule has 1 amide bonds. The van der Waals surface area contributed by atoms with E-state index in [-0.39, 0.29) is 5.91 Å². The number of benzene rings is 1. The van der Waals surface area contributed by atoms with Gasteiger partial charge in [0.25, 0.3) is 5.91 Å². The van der Waals surface area contributed by atoms with Crippen LogP contribution in [0.15, 0.2) is 36.7 Å². The minimum Gasteiger partial charge on any atom is -0.479 e. The maximum absolute atomic E-state index is 12.3. The van der Waals surface area contributed by atoms with E-state index in [1.54, 1.807) is 24.5 Å². The van der Waals surface area contributed by atoms with Crippen molar-refractivity contribution < 1.29 is 18.9 Å². The van der Waals surface area contributed by atoms with Crippen LogP contribution in [0.25, 0.3) is 0 Å². The summed E-state index contributed by atoms with van der Waals surface area (Å²) in [5.74, 6) is -0.985. The second kappa shape index (κ2) is 6.96. The van der Waals surface area contributed by atoms with Crippen molar-refractivity contribution in [3.8, 4) is 0 Å². The van der Waals surface area contributed by atoms with Crippen LogP contribution in [0, 0.1) is 0 Å². The van der Waals surface area contributed by atoms with Gasteiger partial charge < -0.3 is 10.4 Å². The number of nitrogens with zero attached hydrogens (tertiary/aromatic N) is 2. The molecule has 1 unspecified atom stereocenters. The standard InChI is InChI=1S/C16H19N3O4S/c1-16(2,15(21)22)19-9-13(8-17-19)18-14(20)12-6-4-5-11(7-12)10-24(3)23/h4-9H,10H2,1-3H3,(H,18,20)(H,21,22). The zero-order valence-corrected chi connectivity index (χ0v) is 14.5. The normalized spacial score (nSPS) is 12.6. The summed E-state index contributed by atoms with van der Waals surface area (Å²) < 4.78 is 12.6. The lowest BCUT2D eigenvalue weighted by atomic mass is 10.1. The molecule has 0 spiro atoms. The molecule has 0 saturated heterocycles. The Morgan fingerprint density at radius 3 is 2.71 bits per heavy atom. The number of carboxylic acid groups (broad SMARTS) is 1. The van der Waals surface area contributed by atoms with Crippen LogP contribution in [0.3, 0.4) is 0 Å². The summed E-state index contributed by atoms with van der Waals surface area (Å²) in [4.78, 5) is 23.5. The molecule has 1 heterocycles. The van der Waals surface area contributed by atoms with E-state index in [1.807, 2.05) is 6.07 Å². The summed E-state index contributed by atoms with van der Waals surface area (Å²) in [5, 5.41) is 15.9. The van der Waals surface area contributed by atoms with Gasteiger partial charge in [-0.05, 0) is 31.5 Å². The van der Waals surface area contributed by atoms with E-state index in [1.165, 1.54) is 30.9 Å². The number of carbonyl (C=O) groups excluding carboxylic acids is 1. The number of carbonyl (C=O) groups is 2. The van der Waals surface area contributed by atoms with Crippen molar-refractivity contribution in [3.63, 3.8) is 0 Å². The Balaban J connectivity index is 2.15. The lowest BCUT2D eigenvalue weighted by Crippen LogP contribution is -2.35. The van der Waals surface area contributed by atoms with Crippen molar-refractivity contribution in [2.45, 2.75) is 25.1 Å². The number of aromatic nitrogens is 2. The molecule has 1 aromatic heterocycles. The van der Waals surface area contributed by atoms with Crippen LogP contribution in [0.5, 0.6) is 0 Å². The number of amides is 1. The Kier molecular flexibility index (Phi) is 5.18. The molecule has 1 aromatic carbocycles. The molecule has 7 nitrogen and oxygen atoms in total. The van der Waals surface area contributed by atoms with Gasteiger partial charge in [0.2, 0.25) is 0 Å². The average Bonchev–Trinajstić information content (AvgIpc) is 2.95. The molecule has 24 heavy (non-hydrogen) atoms. The molecule has 0 aliphatic rings. The number of carboxylic acids is 1. The molecule has 0 radical (unpaired) electrons. The van der Waals surface area contributed by atoms with Crippen LogP contribution in [-0.2, 0) is 26.9 Å². The van der Waals surface area contributed by atoms with Crippen LogP contribution in [0.1, 0.15) is 29.8 Å². The maximum Gasteiger partial charge on any atom is 0.331 e. The van der Waals surface area contributed by atoms with E-state index in [0.29, 0.717) is 17.0 Å². The van der Waals surface area contributed by atoms with E-state index in [2.05, 4.69) is 10.4 Å². The van der Waals surface area contributed by atoms with E-state index in [0.717, 1.165) is 5.56 Å². The lowest BCUT2D eigenvalue weighted by Gasteiger charge is -2.19. The van der Waals surface area contributed by atoms with Crippen molar-refractivity contribution in [1.82, 2.24) is 9.78 Å². The number of aliphatic carboxylic acids is 1. The first-order valence-electron chi connectivity index (χ1n) is 7.19. The van der Waals surface area contributed by atoms with Gasteiger partial charge in [0.15, 0.2) is 5.54 Å². The van der Waals surface area contributed by atoms with E-state index in [4.69, 9.17) is 0 Å². The fourth-order valence-corrected chi connectivity index (χ4v) is 2.68. The van der Waals surface area contributed by atoms with Crippen LogP contribution >= 0.6 is 0 Å². The summed E-state index contributed by atoms with van der Waals surface area (Å²) in [6, 6.07) is 6.88. The number of rotatable bonds is 6. The first-order valence-corrected chi connectivity index (χ1v) is 8.91. The maximum atomic E-state index is 12.3. The van der Waals surface area contributed by atoms with Gasteiger partial charge in [-0.15, -0.1) is 0 Å². The van der Waals surface area contributed by atoms with Crippen LogP contribution in [0.2, 0.25) is 0 Å². The minimum atomic E-state index is -1.21. The monoisotopic (exact) mass is 349 g/mol. The molecule has 0 bridgehead atoms. The van der Waals surface area contributed by atoms with Gasteiger partial charge >= 0.3 is 5.97 Å². The summed E-state index contributed by atoms with van der Waals surface area (Å²) in [6.07, 6.45) is 4.47. The smallest absolute Gasteiger partial charge is 0.331 e. The van der Waals surface area contributed by atoms with Crippen molar-refractivity contribution in [2.75, 3.05) is 11.6 Å². The predicted octanol–water partition coefficient (Wildman–Crippen LogP) is 1.83. The average molecular weight is 349 g/mol. The molecule has 0 fully saturated rings. The van der Waals surface area contributed by atoms with Crippen molar-refractivity contribution in [3.05, 3.63) is 47.8 Å².